The molecule has 5 nitrogen and oxygen atoms in total. The van der Waals surface area contributed by atoms with Crippen molar-refractivity contribution in [3.8, 4) is 0 Å². The number of nitrogens with one attached hydrogen (secondary N) is 2. The van der Waals surface area contributed by atoms with Crippen LogP contribution in [0.3, 0.4) is 0 Å². The Morgan fingerprint density at radius 3 is 2.88 bits per heavy atom. The highest BCUT2D eigenvalue weighted by atomic mass is 19.1. The van der Waals surface area contributed by atoms with Crippen LogP contribution in [0.1, 0.15) is 32.3 Å². The minimum Gasteiger partial charge on any atom is -0.466 e. The molecule has 1 aromatic rings. The van der Waals surface area contributed by atoms with Crippen molar-refractivity contribution in [3.63, 3.8) is 0 Å². The van der Waals surface area contributed by atoms with E-state index < -0.39 is 0 Å². The van der Waals surface area contributed by atoms with E-state index in [1.54, 1.807) is 26.0 Å². The van der Waals surface area contributed by atoms with Crippen molar-refractivity contribution in [2.75, 3.05) is 25.0 Å². The average Bonchev–Trinajstić information content (AvgIpc) is 2.57. The highest BCUT2D eigenvalue weighted by Gasteiger charge is 2.34. The molecule has 2 N–H and O–H groups in total. The van der Waals surface area contributed by atoms with Crippen LogP contribution in [0.15, 0.2) is 18.2 Å². The molecular formula is C18H26FN2O3+. The number of benzene rings is 1. The van der Waals surface area contributed by atoms with Crippen LogP contribution in [-0.2, 0) is 14.3 Å². The Bertz CT molecular complexity index is 606. The molecule has 1 unspecified atom stereocenters. The van der Waals surface area contributed by atoms with Gasteiger partial charge in [0, 0.05) is 5.69 Å². The van der Waals surface area contributed by atoms with Gasteiger partial charge in [-0.05, 0) is 51.3 Å². The van der Waals surface area contributed by atoms with E-state index in [2.05, 4.69) is 5.32 Å². The van der Waals surface area contributed by atoms with E-state index in [4.69, 9.17) is 4.74 Å². The zero-order valence-electron chi connectivity index (χ0n) is 14.5. The Hall–Kier alpha value is -1.95. The van der Waals surface area contributed by atoms with E-state index in [0.717, 1.165) is 24.3 Å². The lowest BCUT2D eigenvalue weighted by molar-refractivity contribution is -0.921. The second-order valence-electron chi connectivity index (χ2n) is 6.38. The van der Waals surface area contributed by atoms with E-state index in [1.807, 2.05) is 6.92 Å². The number of hydrogen-bond donors (Lipinski definition) is 2. The third kappa shape index (κ3) is 4.54. The van der Waals surface area contributed by atoms with Crippen LogP contribution in [0.25, 0.3) is 0 Å². The number of hydrogen-bond acceptors (Lipinski definition) is 3. The topological polar surface area (TPSA) is 59.8 Å². The van der Waals surface area contributed by atoms with Gasteiger partial charge in [-0.25, -0.2) is 4.39 Å². The first-order chi connectivity index (χ1) is 11.4. The molecule has 2 rings (SSSR count). The quantitative estimate of drug-likeness (QED) is 0.797. The van der Waals surface area contributed by atoms with E-state index in [9.17, 15) is 14.0 Å². The Balaban J connectivity index is 1.96. The summed E-state index contributed by atoms with van der Waals surface area (Å²) in [6.07, 6.45) is 1.69. The SMILES string of the molecule is CCOC(=O)[C@H]1CCC[NH+]([C@@H](C)C(=O)Nc2ccc(C)c(F)c2)C1. The minimum atomic E-state index is -0.340. The van der Waals surface area contributed by atoms with Gasteiger partial charge in [0.15, 0.2) is 6.04 Å². The van der Waals surface area contributed by atoms with Gasteiger partial charge < -0.3 is 15.0 Å². The summed E-state index contributed by atoms with van der Waals surface area (Å²) in [5.41, 5.74) is 0.994. The van der Waals surface area contributed by atoms with Gasteiger partial charge in [-0.3, -0.25) is 9.59 Å². The van der Waals surface area contributed by atoms with Crippen molar-refractivity contribution in [2.45, 2.75) is 39.7 Å². The van der Waals surface area contributed by atoms with Gasteiger partial charge in [0.05, 0.1) is 19.7 Å². The largest absolute Gasteiger partial charge is 0.466 e. The molecule has 1 aliphatic heterocycles. The van der Waals surface area contributed by atoms with Gasteiger partial charge in [-0.15, -0.1) is 0 Å². The summed E-state index contributed by atoms with van der Waals surface area (Å²) in [5, 5.41) is 2.76. The van der Waals surface area contributed by atoms with Crippen LogP contribution >= 0.6 is 0 Å². The maximum absolute atomic E-state index is 13.6. The summed E-state index contributed by atoms with van der Waals surface area (Å²) in [5.74, 6) is -0.838. The lowest BCUT2D eigenvalue weighted by atomic mass is 9.97. The van der Waals surface area contributed by atoms with Crippen LogP contribution in [0, 0.1) is 18.7 Å². The summed E-state index contributed by atoms with van der Waals surface area (Å²) >= 11 is 0. The lowest BCUT2D eigenvalue weighted by Gasteiger charge is -2.32. The molecule has 132 valence electrons. The highest BCUT2D eigenvalue weighted by molar-refractivity contribution is 5.93. The fraction of sp³-hybridized carbons (Fsp3) is 0.556. The van der Waals surface area contributed by atoms with Gasteiger partial charge in [-0.2, -0.15) is 0 Å². The van der Waals surface area contributed by atoms with Crippen molar-refractivity contribution in [2.24, 2.45) is 5.92 Å². The molecule has 0 spiro atoms. The summed E-state index contributed by atoms with van der Waals surface area (Å²) in [6.45, 7) is 7.12. The average molecular weight is 337 g/mol. The molecule has 0 aliphatic carbocycles. The van der Waals surface area contributed by atoms with Gasteiger partial charge in [0.1, 0.15) is 11.7 Å². The lowest BCUT2D eigenvalue weighted by Crippen LogP contribution is -3.18. The zero-order chi connectivity index (χ0) is 17.7. The molecule has 1 heterocycles. The highest BCUT2D eigenvalue weighted by Crippen LogP contribution is 2.14. The maximum Gasteiger partial charge on any atom is 0.314 e. The van der Waals surface area contributed by atoms with E-state index in [-0.39, 0.29) is 29.7 Å². The summed E-state index contributed by atoms with van der Waals surface area (Å²) in [7, 11) is 0. The molecule has 1 aromatic carbocycles. The van der Waals surface area contributed by atoms with Crippen LogP contribution in [0.4, 0.5) is 10.1 Å². The number of anilines is 1. The van der Waals surface area contributed by atoms with Gasteiger partial charge >= 0.3 is 5.97 Å². The molecule has 0 saturated carbocycles. The van der Waals surface area contributed by atoms with Gasteiger partial charge in [0.25, 0.3) is 5.91 Å². The minimum absolute atomic E-state index is 0.152. The molecule has 1 fully saturated rings. The number of ether oxygens (including phenoxy) is 1. The fourth-order valence-corrected chi connectivity index (χ4v) is 3.06. The molecule has 3 atom stereocenters. The predicted octanol–water partition coefficient (Wildman–Crippen LogP) is 1.32. The monoisotopic (exact) mass is 337 g/mol. The maximum atomic E-state index is 13.6. The van der Waals surface area contributed by atoms with Crippen LogP contribution in [0.5, 0.6) is 0 Å². The molecular weight excluding hydrogens is 311 g/mol. The van der Waals surface area contributed by atoms with Crippen molar-refractivity contribution in [3.05, 3.63) is 29.6 Å². The number of quaternary nitrogens is 1. The summed E-state index contributed by atoms with van der Waals surface area (Å²) in [4.78, 5) is 25.4. The summed E-state index contributed by atoms with van der Waals surface area (Å²) < 4.78 is 18.7. The molecule has 24 heavy (non-hydrogen) atoms. The van der Waals surface area contributed by atoms with E-state index >= 15 is 0 Å². The Morgan fingerprint density at radius 2 is 2.21 bits per heavy atom. The Morgan fingerprint density at radius 1 is 1.46 bits per heavy atom. The standard InChI is InChI=1S/C18H25FN2O3/c1-4-24-18(23)14-6-5-9-21(11-14)13(3)17(22)20-15-8-7-12(2)16(19)10-15/h7-8,10,13-14H,4-6,9,11H2,1-3H3,(H,20,22)/p+1/t13-,14-/m0/s1. The second kappa shape index (κ2) is 8.24. The number of esters is 1. The first kappa shape index (κ1) is 18.4. The smallest absolute Gasteiger partial charge is 0.314 e. The van der Waals surface area contributed by atoms with E-state index in [1.165, 1.54) is 6.07 Å². The first-order valence-corrected chi connectivity index (χ1v) is 8.50. The third-order valence-electron chi connectivity index (χ3n) is 4.62. The number of aryl methyl sites for hydroxylation is 1. The number of halogens is 1. The Kier molecular flexibility index (Phi) is 6.31. The number of piperidine rings is 1. The second-order valence-corrected chi connectivity index (χ2v) is 6.38. The first-order valence-electron chi connectivity index (χ1n) is 8.50. The Labute approximate surface area is 142 Å². The number of amides is 1. The molecule has 0 radical (unpaired) electrons. The number of likely N-dealkylation sites (tertiary alicyclic amines) is 1. The van der Waals surface area contributed by atoms with Crippen molar-refractivity contribution >= 4 is 17.6 Å². The number of carbonyl (C=O) groups excluding carboxylic acids is 2. The molecule has 1 saturated heterocycles. The van der Waals surface area contributed by atoms with Gasteiger partial charge in [-0.1, -0.05) is 6.07 Å². The molecule has 1 aliphatic rings. The normalized spacial score (nSPS) is 21.8. The fourth-order valence-electron chi connectivity index (χ4n) is 3.06. The van der Waals surface area contributed by atoms with Crippen LogP contribution in [-0.4, -0.2) is 37.6 Å². The number of carbonyl (C=O) groups is 2. The van der Waals surface area contributed by atoms with E-state index in [0.29, 0.717) is 24.4 Å². The van der Waals surface area contributed by atoms with Crippen molar-refractivity contribution in [1.82, 2.24) is 0 Å². The van der Waals surface area contributed by atoms with Crippen molar-refractivity contribution < 1.29 is 23.6 Å². The van der Waals surface area contributed by atoms with Crippen molar-refractivity contribution in [1.29, 1.82) is 0 Å². The molecule has 0 bridgehead atoms. The molecule has 1 amide bonds. The van der Waals surface area contributed by atoms with Crippen LogP contribution in [0.2, 0.25) is 0 Å². The summed E-state index contributed by atoms with van der Waals surface area (Å²) in [6, 6.07) is 4.34. The number of rotatable bonds is 5. The van der Waals surface area contributed by atoms with Gasteiger partial charge in [0.2, 0.25) is 0 Å². The molecule has 6 heteroatoms. The predicted molar refractivity (Wildman–Crippen MR) is 89.3 cm³/mol. The zero-order valence-corrected chi connectivity index (χ0v) is 14.5. The third-order valence-corrected chi connectivity index (χ3v) is 4.62. The van der Waals surface area contributed by atoms with Crippen LogP contribution < -0.4 is 10.2 Å². The molecule has 0 aromatic heterocycles.